The highest BCUT2D eigenvalue weighted by Gasteiger charge is 2.38. The zero-order valence-corrected chi connectivity index (χ0v) is 12.8. The summed E-state index contributed by atoms with van der Waals surface area (Å²) >= 11 is 0. The minimum atomic E-state index is -0.383. The highest BCUT2D eigenvalue weighted by molar-refractivity contribution is 5.83. The fourth-order valence-electron chi connectivity index (χ4n) is 3.28. The molecule has 1 aliphatic heterocycles. The molecule has 21 heavy (non-hydrogen) atoms. The molecule has 2 aliphatic carbocycles. The number of hydrogen-bond donors (Lipinski definition) is 1. The largest absolute Gasteiger partial charge is 0.391 e. The number of hydrogen-bond acceptors (Lipinski definition) is 3. The Hall–Kier alpha value is -1.10. The molecule has 2 saturated carbocycles. The van der Waals surface area contributed by atoms with E-state index in [1.807, 2.05) is 4.90 Å². The van der Waals surface area contributed by atoms with Crippen molar-refractivity contribution in [1.82, 2.24) is 9.80 Å². The van der Waals surface area contributed by atoms with Gasteiger partial charge in [0.25, 0.3) is 0 Å². The van der Waals surface area contributed by atoms with Gasteiger partial charge in [0.15, 0.2) is 0 Å². The van der Waals surface area contributed by atoms with Gasteiger partial charge in [-0.05, 0) is 44.4 Å². The Morgan fingerprint density at radius 3 is 2.52 bits per heavy atom. The first-order valence-electron chi connectivity index (χ1n) is 8.28. The van der Waals surface area contributed by atoms with Gasteiger partial charge in [0.2, 0.25) is 11.8 Å². The van der Waals surface area contributed by atoms with E-state index in [9.17, 15) is 14.7 Å². The maximum Gasteiger partial charge on any atom is 0.227 e. The first-order chi connectivity index (χ1) is 10.1. The van der Waals surface area contributed by atoms with E-state index < -0.39 is 0 Å². The number of aliphatic hydroxyl groups excluding tert-OH is 1. The Balaban J connectivity index is 1.51. The molecular weight excluding hydrogens is 268 g/mol. The van der Waals surface area contributed by atoms with Crippen molar-refractivity contribution >= 4 is 11.8 Å². The van der Waals surface area contributed by atoms with Gasteiger partial charge in [0.05, 0.1) is 12.0 Å². The average molecular weight is 294 g/mol. The number of aliphatic hydroxyl groups is 1. The summed E-state index contributed by atoms with van der Waals surface area (Å²) in [6, 6.07) is 0. The average Bonchev–Trinajstić information content (AvgIpc) is 3.37. The lowest BCUT2D eigenvalue weighted by Crippen LogP contribution is -2.47. The van der Waals surface area contributed by atoms with Crippen LogP contribution < -0.4 is 0 Å². The number of likely N-dealkylation sites (N-methyl/N-ethyl adjacent to an activating group) is 1. The van der Waals surface area contributed by atoms with Crippen molar-refractivity contribution in [3.8, 4) is 0 Å². The summed E-state index contributed by atoms with van der Waals surface area (Å²) in [4.78, 5) is 28.2. The van der Waals surface area contributed by atoms with Gasteiger partial charge in [-0.15, -0.1) is 0 Å². The van der Waals surface area contributed by atoms with Gasteiger partial charge >= 0.3 is 0 Å². The van der Waals surface area contributed by atoms with Crippen LogP contribution in [0.25, 0.3) is 0 Å². The van der Waals surface area contributed by atoms with E-state index in [-0.39, 0.29) is 29.8 Å². The van der Waals surface area contributed by atoms with E-state index in [2.05, 4.69) is 0 Å². The van der Waals surface area contributed by atoms with Crippen LogP contribution in [-0.4, -0.2) is 59.5 Å². The minimum absolute atomic E-state index is 0.0853. The van der Waals surface area contributed by atoms with Crippen LogP contribution in [0.2, 0.25) is 0 Å². The predicted octanol–water partition coefficient (Wildman–Crippen LogP) is 0.864. The Kier molecular flexibility index (Phi) is 4.20. The van der Waals surface area contributed by atoms with Crippen molar-refractivity contribution in [3.63, 3.8) is 0 Å². The van der Waals surface area contributed by atoms with Crippen molar-refractivity contribution in [2.75, 3.05) is 26.7 Å². The molecule has 0 aromatic carbocycles. The third-order valence-corrected chi connectivity index (χ3v) is 5.01. The number of carbonyl (C=O) groups excluding carboxylic acids is 2. The Labute approximate surface area is 126 Å². The summed E-state index contributed by atoms with van der Waals surface area (Å²) in [6.45, 7) is 1.79. The molecule has 0 aromatic rings. The van der Waals surface area contributed by atoms with Gasteiger partial charge in [0.1, 0.15) is 0 Å². The fraction of sp³-hybridized carbons (Fsp3) is 0.875. The Morgan fingerprint density at radius 2 is 1.90 bits per heavy atom. The quantitative estimate of drug-likeness (QED) is 0.818. The monoisotopic (exact) mass is 294 g/mol. The molecule has 3 fully saturated rings. The fourth-order valence-corrected chi connectivity index (χ4v) is 3.28. The van der Waals surface area contributed by atoms with E-state index >= 15 is 0 Å². The zero-order valence-electron chi connectivity index (χ0n) is 12.8. The van der Waals surface area contributed by atoms with Crippen molar-refractivity contribution in [1.29, 1.82) is 0 Å². The summed E-state index contributed by atoms with van der Waals surface area (Å²) < 4.78 is 0. The number of amides is 2. The van der Waals surface area contributed by atoms with Crippen LogP contribution >= 0.6 is 0 Å². The molecule has 2 atom stereocenters. The number of nitrogens with zero attached hydrogens (tertiary/aromatic N) is 2. The molecule has 1 heterocycles. The van der Waals surface area contributed by atoms with Crippen LogP contribution in [0.15, 0.2) is 0 Å². The summed E-state index contributed by atoms with van der Waals surface area (Å²) in [5.74, 6) is 0.863. The second-order valence-corrected chi connectivity index (χ2v) is 7.02. The number of rotatable bonds is 5. The lowest BCUT2D eigenvalue weighted by molar-refractivity contribution is -0.141. The molecule has 5 nitrogen and oxygen atoms in total. The molecule has 0 spiro atoms. The van der Waals surface area contributed by atoms with Gasteiger partial charge in [-0.3, -0.25) is 9.59 Å². The van der Waals surface area contributed by atoms with Crippen LogP contribution in [0, 0.1) is 17.8 Å². The standard InChI is InChI=1S/C16H26N2O3/c1-17(10-14(19)11-4-5-11)15(20)13-3-2-8-18(9-13)16(21)12-6-7-12/h11-14,19H,2-10H2,1H3/t13-,14+/m1/s1. The highest BCUT2D eigenvalue weighted by Crippen LogP contribution is 2.34. The van der Waals surface area contributed by atoms with E-state index in [1.54, 1.807) is 11.9 Å². The van der Waals surface area contributed by atoms with Gasteiger partial charge in [-0.2, -0.15) is 0 Å². The van der Waals surface area contributed by atoms with Crippen LogP contribution in [0.3, 0.4) is 0 Å². The number of piperidine rings is 1. The molecule has 0 unspecified atom stereocenters. The van der Waals surface area contributed by atoms with Gasteiger partial charge in [-0.1, -0.05) is 0 Å². The first-order valence-corrected chi connectivity index (χ1v) is 8.28. The first kappa shape index (κ1) is 14.8. The Morgan fingerprint density at radius 1 is 1.19 bits per heavy atom. The summed E-state index contributed by atoms with van der Waals surface area (Å²) in [5, 5.41) is 9.97. The molecule has 2 amide bonds. The summed E-state index contributed by atoms with van der Waals surface area (Å²) in [5.41, 5.74) is 0. The molecule has 118 valence electrons. The molecular formula is C16H26N2O3. The van der Waals surface area contributed by atoms with E-state index in [0.717, 1.165) is 45.1 Å². The third kappa shape index (κ3) is 3.57. The molecule has 5 heteroatoms. The van der Waals surface area contributed by atoms with Crippen molar-refractivity contribution in [3.05, 3.63) is 0 Å². The van der Waals surface area contributed by atoms with E-state index in [0.29, 0.717) is 19.0 Å². The number of carbonyl (C=O) groups is 2. The van der Waals surface area contributed by atoms with Gasteiger partial charge in [0, 0.05) is 32.6 Å². The molecule has 3 rings (SSSR count). The summed E-state index contributed by atoms with van der Waals surface area (Å²) in [7, 11) is 1.77. The molecule has 1 saturated heterocycles. The predicted molar refractivity (Wildman–Crippen MR) is 78.4 cm³/mol. The lowest BCUT2D eigenvalue weighted by Gasteiger charge is -2.34. The van der Waals surface area contributed by atoms with Crippen LogP contribution in [0.5, 0.6) is 0 Å². The topological polar surface area (TPSA) is 60.9 Å². The maximum atomic E-state index is 12.5. The van der Waals surface area contributed by atoms with Crippen LogP contribution in [-0.2, 0) is 9.59 Å². The van der Waals surface area contributed by atoms with Crippen molar-refractivity contribution in [2.24, 2.45) is 17.8 Å². The normalized spacial score (nSPS) is 27.3. The lowest BCUT2D eigenvalue weighted by atomic mass is 9.96. The van der Waals surface area contributed by atoms with Crippen molar-refractivity contribution in [2.45, 2.75) is 44.6 Å². The molecule has 1 N–H and O–H groups in total. The van der Waals surface area contributed by atoms with Gasteiger partial charge in [-0.25, -0.2) is 0 Å². The van der Waals surface area contributed by atoms with Gasteiger partial charge < -0.3 is 14.9 Å². The maximum absolute atomic E-state index is 12.5. The Bertz CT molecular complexity index is 418. The van der Waals surface area contributed by atoms with Crippen LogP contribution in [0.1, 0.15) is 38.5 Å². The zero-order chi connectivity index (χ0) is 15.0. The summed E-state index contributed by atoms with van der Waals surface area (Å²) in [6.07, 6.45) is 5.58. The number of likely N-dealkylation sites (tertiary alicyclic amines) is 1. The smallest absolute Gasteiger partial charge is 0.227 e. The third-order valence-electron chi connectivity index (χ3n) is 5.01. The highest BCUT2D eigenvalue weighted by atomic mass is 16.3. The molecule has 0 bridgehead atoms. The molecule has 0 radical (unpaired) electrons. The minimum Gasteiger partial charge on any atom is -0.391 e. The second kappa shape index (κ2) is 5.95. The van der Waals surface area contributed by atoms with Crippen molar-refractivity contribution < 1.29 is 14.7 Å². The van der Waals surface area contributed by atoms with Crippen LogP contribution in [0.4, 0.5) is 0 Å². The molecule has 0 aromatic heterocycles. The van der Waals surface area contributed by atoms with E-state index in [1.165, 1.54) is 0 Å². The van der Waals surface area contributed by atoms with E-state index in [4.69, 9.17) is 0 Å². The molecule has 3 aliphatic rings. The second-order valence-electron chi connectivity index (χ2n) is 7.02. The SMILES string of the molecule is CN(C[C@H](O)C1CC1)C(=O)[C@@H]1CCCN(C(=O)C2CC2)C1.